The second kappa shape index (κ2) is 4.55. The van der Waals surface area contributed by atoms with Gasteiger partial charge in [-0.25, -0.2) is 4.98 Å². The van der Waals surface area contributed by atoms with E-state index in [-0.39, 0.29) is 11.1 Å². The van der Waals surface area contributed by atoms with Gasteiger partial charge in [-0.2, -0.15) is 0 Å². The molecule has 0 saturated carbocycles. The standard InChI is InChI=1S/C13H11BrN4O/c14-10-7-17(8-11(15)13(10)19)5-9-6-18-4-2-1-3-12(18)16-9/h1-4,6-8H,5,15H2. The van der Waals surface area contributed by atoms with Crippen molar-refractivity contribution >= 4 is 27.3 Å². The summed E-state index contributed by atoms with van der Waals surface area (Å²) in [6, 6.07) is 5.84. The van der Waals surface area contributed by atoms with Crippen molar-refractivity contribution < 1.29 is 0 Å². The second-order valence-electron chi connectivity index (χ2n) is 4.26. The van der Waals surface area contributed by atoms with Crippen molar-refractivity contribution in [1.29, 1.82) is 0 Å². The van der Waals surface area contributed by atoms with Gasteiger partial charge in [0, 0.05) is 24.8 Å². The fourth-order valence-corrected chi connectivity index (χ4v) is 2.45. The average Bonchev–Trinajstić information content (AvgIpc) is 2.78. The average molecular weight is 319 g/mol. The molecule has 0 radical (unpaired) electrons. The van der Waals surface area contributed by atoms with Crippen LogP contribution in [0.25, 0.3) is 5.65 Å². The minimum Gasteiger partial charge on any atom is -0.394 e. The fourth-order valence-electron chi connectivity index (χ4n) is 1.96. The third-order valence-electron chi connectivity index (χ3n) is 2.82. The van der Waals surface area contributed by atoms with E-state index in [1.54, 1.807) is 12.4 Å². The van der Waals surface area contributed by atoms with Gasteiger partial charge in [-0.05, 0) is 28.1 Å². The maximum atomic E-state index is 11.5. The first kappa shape index (κ1) is 12.0. The van der Waals surface area contributed by atoms with E-state index in [1.165, 1.54) is 0 Å². The van der Waals surface area contributed by atoms with Gasteiger partial charge in [0.1, 0.15) is 5.65 Å². The molecule has 19 heavy (non-hydrogen) atoms. The van der Waals surface area contributed by atoms with E-state index in [2.05, 4.69) is 20.9 Å². The maximum absolute atomic E-state index is 11.5. The number of nitrogen functional groups attached to an aromatic ring is 1. The number of aromatic nitrogens is 3. The summed E-state index contributed by atoms with van der Waals surface area (Å²) in [5, 5.41) is 0. The van der Waals surface area contributed by atoms with Gasteiger partial charge in [-0.1, -0.05) is 6.07 Å². The van der Waals surface area contributed by atoms with E-state index >= 15 is 0 Å². The van der Waals surface area contributed by atoms with Crippen LogP contribution >= 0.6 is 15.9 Å². The molecule has 0 fully saturated rings. The number of rotatable bonds is 2. The Kier molecular flexibility index (Phi) is 2.87. The molecule has 3 heterocycles. The molecule has 0 bridgehead atoms. The molecule has 0 spiro atoms. The number of fused-ring (bicyclic) bond motifs is 1. The Morgan fingerprint density at radius 1 is 1.26 bits per heavy atom. The Morgan fingerprint density at radius 3 is 2.84 bits per heavy atom. The molecule has 0 aliphatic rings. The monoisotopic (exact) mass is 318 g/mol. The van der Waals surface area contributed by atoms with Crippen LogP contribution < -0.4 is 11.2 Å². The van der Waals surface area contributed by atoms with Gasteiger partial charge < -0.3 is 14.7 Å². The Balaban J connectivity index is 1.98. The number of nitrogens with two attached hydrogens (primary N) is 1. The van der Waals surface area contributed by atoms with Crippen LogP contribution in [0.5, 0.6) is 0 Å². The first-order valence-electron chi connectivity index (χ1n) is 5.71. The number of pyridine rings is 2. The zero-order valence-corrected chi connectivity index (χ0v) is 11.5. The van der Waals surface area contributed by atoms with E-state index in [1.807, 2.05) is 39.6 Å². The maximum Gasteiger partial charge on any atom is 0.218 e. The predicted molar refractivity (Wildman–Crippen MR) is 77.1 cm³/mol. The van der Waals surface area contributed by atoms with E-state index in [0.29, 0.717) is 11.0 Å². The van der Waals surface area contributed by atoms with E-state index in [9.17, 15) is 4.79 Å². The Hall–Kier alpha value is -2.08. The number of halogens is 1. The summed E-state index contributed by atoms with van der Waals surface area (Å²) in [7, 11) is 0. The minimum atomic E-state index is -0.189. The molecular weight excluding hydrogens is 308 g/mol. The van der Waals surface area contributed by atoms with Crippen LogP contribution in [0.15, 0.2) is 52.3 Å². The van der Waals surface area contributed by atoms with Crippen LogP contribution in [0, 0.1) is 0 Å². The second-order valence-corrected chi connectivity index (χ2v) is 5.12. The zero-order chi connectivity index (χ0) is 13.4. The molecule has 0 aromatic carbocycles. The summed E-state index contributed by atoms with van der Waals surface area (Å²) in [5.41, 5.74) is 7.49. The molecule has 6 heteroatoms. The topological polar surface area (TPSA) is 65.3 Å². The van der Waals surface area contributed by atoms with Gasteiger partial charge in [0.2, 0.25) is 5.43 Å². The minimum absolute atomic E-state index is 0.189. The fraction of sp³-hybridized carbons (Fsp3) is 0.0769. The molecule has 0 unspecified atom stereocenters. The number of anilines is 1. The molecule has 3 aromatic heterocycles. The zero-order valence-electron chi connectivity index (χ0n) is 9.95. The van der Waals surface area contributed by atoms with Crippen LogP contribution in [0.1, 0.15) is 5.69 Å². The molecule has 0 aliphatic carbocycles. The molecule has 96 valence electrons. The smallest absolute Gasteiger partial charge is 0.218 e. The lowest BCUT2D eigenvalue weighted by atomic mass is 10.4. The van der Waals surface area contributed by atoms with Crippen LogP contribution in [-0.4, -0.2) is 14.0 Å². The van der Waals surface area contributed by atoms with E-state index in [4.69, 9.17) is 5.73 Å². The van der Waals surface area contributed by atoms with Crippen molar-refractivity contribution in [1.82, 2.24) is 14.0 Å². The summed E-state index contributed by atoms with van der Waals surface area (Å²) in [6.07, 6.45) is 7.23. The van der Waals surface area contributed by atoms with Gasteiger partial charge in [-0.15, -0.1) is 0 Å². The highest BCUT2D eigenvalue weighted by atomic mass is 79.9. The van der Waals surface area contributed by atoms with Crippen molar-refractivity contribution in [3.8, 4) is 0 Å². The summed E-state index contributed by atoms with van der Waals surface area (Å²) in [5.74, 6) is 0. The van der Waals surface area contributed by atoms with Gasteiger partial charge in [0.25, 0.3) is 0 Å². The molecule has 5 nitrogen and oxygen atoms in total. The summed E-state index contributed by atoms with van der Waals surface area (Å²) in [4.78, 5) is 16.0. The normalized spacial score (nSPS) is 11.0. The first-order valence-corrected chi connectivity index (χ1v) is 6.50. The quantitative estimate of drug-likeness (QED) is 0.784. The van der Waals surface area contributed by atoms with Crippen LogP contribution in [-0.2, 0) is 6.54 Å². The Labute approximate surface area is 117 Å². The first-order chi connectivity index (χ1) is 9.13. The van der Waals surface area contributed by atoms with E-state index < -0.39 is 0 Å². The third-order valence-corrected chi connectivity index (χ3v) is 3.39. The molecule has 0 saturated heterocycles. The van der Waals surface area contributed by atoms with Crippen LogP contribution in [0.3, 0.4) is 0 Å². The van der Waals surface area contributed by atoms with Gasteiger partial charge in [0.15, 0.2) is 0 Å². The van der Waals surface area contributed by atoms with Crippen molar-refractivity contribution in [3.63, 3.8) is 0 Å². The highest BCUT2D eigenvalue weighted by molar-refractivity contribution is 9.10. The molecule has 3 aromatic rings. The highest BCUT2D eigenvalue weighted by Gasteiger charge is 2.05. The van der Waals surface area contributed by atoms with Crippen LogP contribution in [0.2, 0.25) is 0 Å². The summed E-state index contributed by atoms with van der Waals surface area (Å²) < 4.78 is 4.25. The predicted octanol–water partition coefficient (Wildman–Crippen LogP) is 1.89. The third kappa shape index (κ3) is 2.26. The van der Waals surface area contributed by atoms with Crippen molar-refractivity contribution in [2.45, 2.75) is 6.54 Å². The van der Waals surface area contributed by atoms with Gasteiger partial charge in [-0.3, -0.25) is 4.79 Å². The summed E-state index contributed by atoms with van der Waals surface area (Å²) in [6.45, 7) is 0.560. The lowest BCUT2D eigenvalue weighted by Gasteiger charge is -2.05. The van der Waals surface area contributed by atoms with Crippen molar-refractivity contribution in [2.75, 3.05) is 5.73 Å². The molecule has 0 atom stereocenters. The lowest BCUT2D eigenvalue weighted by molar-refractivity contribution is 0.770. The molecule has 3 rings (SSSR count). The van der Waals surface area contributed by atoms with Gasteiger partial charge >= 0.3 is 0 Å². The number of nitrogens with zero attached hydrogens (tertiary/aromatic N) is 3. The Bertz CT molecular complexity index is 747. The van der Waals surface area contributed by atoms with Crippen LogP contribution in [0.4, 0.5) is 5.69 Å². The molecule has 2 N–H and O–H groups in total. The number of hydrogen-bond acceptors (Lipinski definition) is 3. The molecular formula is C13H11BrN4O. The van der Waals surface area contributed by atoms with Gasteiger partial charge in [0.05, 0.1) is 22.4 Å². The van der Waals surface area contributed by atoms with Crippen molar-refractivity contribution in [2.24, 2.45) is 0 Å². The van der Waals surface area contributed by atoms with E-state index in [0.717, 1.165) is 11.3 Å². The molecule has 0 aliphatic heterocycles. The van der Waals surface area contributed by atoms with Crippen molar-refractivity contribution in [3.05, 3.63) is 63.4 Å². The summed E-state index contributed by atoms with van der Waals surface area (Å²) >= 11 is 3.21. The molecule has 0 amide bonds. The highest BCUT2D eigenvalue weighted by Crippen LogP contribution is 2.10. The number of hydrogen-bond donors (Lipinski definition) is 1. The largest absolute Gasteiger partial charge is 0.394 e. The lowest BCUT2D eigenvalue weighted by Crippen LogP contribution is -2.13. The number of imidazole rings is 1. The Morgan fingerprint density at radius 2 is 2.11 bits per heavy atom. The SMILES string of the molecule is Nc1cn(Cc2cn3ccccc3n2)cc(Br)c1=O.